The van der Waals surface area contributed by atoms with Crippen molar-refractivity contribution in [3.8, 4) is 5.75 Å². The van der Waals surface area contributed by atoms with Gasteiger partial charge in [-0.3, -0.25) is 14.4 Å². The van der Waals surface area contributed by atoms with E-state index in [1.165, 1.54) is 16.7 Å². The summed E-state index contributed by atoms with van der Waals surface area (Å²) in [6.07, 6.45) is 2.17. The number of hydrogen-bond acceptors (Lipinski definition) is 7. The first-order valence-corrected chi connectivity index (χ1v) is 11.3. The zero-order valence-corrected chi connectivity index (χ0v) is 18.1. The maximum Gasteiger partial charge on any atom is 0.325 e. The highest BCUT2D eigenvalue weighted by atomic mass is 32.2. The second-order valence-corrected chi connectivity index (χ2v) is 10.3. The summed E-state index contributed by atoms with van der Waals surface area (Å²) in [6, 6.07) is 2.75. The van der Waals surface area contributed by atoms with Crippen molar-refractivity contribution in [3.63, 3.8) is 0 Å². The lowest BCUT2D eigenvalue weighted by atomic mass is 9.99. The largest absolute Gasteiger partial charge is 0.506 e. The summed E-state index contributed by atoms with van der Waals surface area (Å²) in [4.78, 5) is 37.4. The van der Waals surface area contributed by atoms with E-state index in [0.29, 0.717) is 30.5 Å². The molecule has 0 radical (unpaired) electrons. The number of pyridine rings is 1. The van der Waals surface area contributed by atoms with E-state index in [1.807, 2.05) is 0 Å². The first-order chi connectivity index (χ1) is 13.8. The maximum atomic E-state index is 12.9. The molecular formula is C20H24N2O7S. The van der Waals surface area contributed by atoms with Crippen LogP contribution < -0.4 is 10.9 Å². The standard InChI is InChI=1S/C20H24N2O7S/c1-20(2,3)29-14(23)10-21-18(25)15-17(24)13-9-12(30(4,27)28)8-11-6-5-7-22(16(11)13)19(15)26/h8-9,24H,5-7,10H2,1-4H3,(H,21,25). The van der Waals surface area contributed by atoms with E-state index in [4.69, 9.17) is 4.74 Å². The molecule has 0 aliphatic carbocycles. The van der Waals surface area contributed by atoms with Gasteiger partial charge in [0.15, 0.2) is 9.84 Å². The van der Waals surface area contributed by atoms with Crippen LogP contribution in [0.25, 0.3) is 10.9 Å². The number of nitrogens with zero attached hydrogens (tertiary/aromatic N) is 1. The molecule has 2 aromatic rings. The Morgan fingerprint density at radius 3 is 2.53 bits per heavy atom. The predicted molar refractivity (Wildman–Crippen MR) is 109 cm³/mol. The second kappa shape index (κ2) is 7.42. The SMILES string of the molecule is CC(C)(C)OC(=O)CNC(=O)c1c(O)c2cc(S(C)(=O)=O)cc3c2n(c1=O)CCC3. The molecule has 0 fully saturated rings. The minimum Gasteiger partial charge on any atom is -0.506 e. The molecule has 3 rings (SSSR count). The van der Waals surface area contributed by atoms with Crippen LogP contribution in [0.15, 0.2) is 21.8 Å². The van der Waals surface area contributed by atoms with Crippen molar-refractivity contribution >= 4 is 32.6 Å². The van der Waals surface area contributed by atoms with Gasteiger partial charge in [0, 0.05) is 18.2 Å². The minimum atomic E-state index is -3.57. The first-order valence-electron chi connectivity index (χ1n) is 9.42. The fraction of sp³-hybridized carbons (Fsp3) is 0.450. The summed E-state index contributed by atoms with van der Waals surface area (Å²) in [5.41, 5.74) is -0.943. The van der Waals surface area contributed by atoms with E-state index in [9.17, 15) is 27.9 Å². The molecular weight excluding hydrogens is 412 g/mol. The van der Waals surface area contributed by atoms with Crippen LogP contribution in [0.2, 0.25) is 0 Å². The Kier molecular flexibility index (Phi) is 5.40. The van der Waals surface area contributed by atoms with Crippen molar-refractivity contribution in [2.75, 3.05) is 12.8 Å². The number of sulfone groups is 1. The summed E-state index contributed by atoms with van der Waals surface area (Å²) >= 11 is 0. The number of carbonyl (C=O) groups excluding carboxylic acids is 2. The lowest BCUT2D eigenvalue weighted by Crippen LogP contribution is -2.38. The number of aromatic hydroxyl groups is 1. The molecule has 9 nitrogen and oxygen atoms in total. The molecule has 0 bridgehead atoms. The fourth-order valence-corrected chi connectivity index (χ4v) is 4.19. The van der Waals surface area contributed by atoms with Crippen LogP contribution in [0.3, 0.4) is 0 Å². The van der Waals surface area contributed by atoms with Crippen LogP contribution in [0.1, 0.15) is 43.1 Å². The average molecular weight is 436 g/mol. The van der Waals surface area contributed by atoms with Gasteiger partial charge in [-0.25, -0.2) is 8.42 Å². The molecule has 2 heterocycles. The van der Waals surface area contributed by atoms with Crippen LogP contribution in [0, 0.1) is 0 Å². The van der Waals surface area contributed by atoms with E-state index in [2.05, 4.69) is 5.32 Å². The molecule has 0 unspecified atom stereocenters. The normalized spacial score (nSPS) is 13.9. The van der Waals surface area contributed by atoms with E-state index >= 15 is 0 Å². The number of aryl methyl sites for hydroxylation is 2. The number of amides is 1. The predicted octanol–water partition coefficient (Wildman–Crippen LogP) is 1.13. The molecule has 1 amide bonds. The zero-order valence-electron chi connectivity index (χ0n) is 17.2. The van der Waals surface area contributed by atoms with Crippen LogP contribution in [0.4, 0.5) is 0 Å². The Morgan fingerprint density at radius 1 is 1.27 bits per heavy atom. The van der Waals surface area contributed by atoms with E-state index in [-0.39, 0.29) is 10.3 Å². The zero-order chi connectivity index (χ0) is 22.4. The molecule has 162 valence electrons. The summed E-state index contributed by atoms with van der Waals surface area (Å²) in [5.74, 6) is -2.24. The van der Waals surface area contributed by atoms with Crippen molar-refractivity contribution in [2.45, 2.75) is 50.7 Å². The second-order valence-electron chi connectivity index (χ2n) is 8.30. The van der Waals surface area contributed by atoms with Gasteiger partial charge in [-0.15, -0.1) is 0 Å². The van der Waals surface area contributed by atoms with Gasteiger partial charge in [0.25, 0.3) is 11.5 Å². The molecule has 0 spiro atoms. The fourth-order valence-electron chi connectivity index (χ4n) is 3.51. The summed E-state index contributed by atoms with van der Waals surface area (Å²) in [5, 5.41) is 13.1. The maximum absolute atomic E-state index is 12.9. The number of carbonyl (C=O) groups is 2. The molecule has 0 saturated carbocycles. The monoisotopic (exact) mass is 436 g/mol. The highest BCUT2D eigenvalue weighted by Crippen LogP contribution is 2.34. The molecule has 1 aromatic heterocycles. The Balaban J connectivity index is 2.09. The van der Waals surface area contributed by atoms with Gasteiger partial charge in [-0.1, -0.05) is 0 Å². The highest BCUT2D eigenvalue weighted by molar-refractivity contribution is 7.90. The van der Waals surface area contributed by atoms with Crippen molar-refractivity contribution in [1.82, 2.24) is 9.88 Å². The van der Waals surface area contributed by atoms with Crippen LogP contribution in [0.5, 0.6) is 5.75 Å². The summed E-state index contributed by atoms with van der Waals surface area (Å²) < 4.78 is 30.6. The summed E-state index contributed by atoms with van der Waals surface area (Å²) in [7, 11) is -3.57. The Hall–Kier alpha value is -2.88. The van der Waals surface area contributed by atoms with Crippen LogP contribution in [-0.4, -0.2) is 48.4 Å². The molecule has 1 aliphatic heterocycles. The highest BCUT2D eigenvalue weighted by Gasteiger charge is 2.27. The first kappa shape index (κ1) is 21.8. The molecule has 0 atom stereocenters. The number of hydrogen-bond donors (Lipinski definition) is 2. The van der Waals surface area contributed by atoms with Gasteiger partial charge < -0.3 is 19.7 Å². The Bertz CT molecular complexity index is 1220. The van der Waals surface area contributed by atoms with E-state index in [0.717, 1.165) is 6.26 Å². The number of nitrogens with one attached hydrogen (secondary N) is 1. The number of aromatic nitrogens is 1. The summed E-state index contributed by atoms with van der Waals surface area (Å²) in [6.45, 7) is 4.87. The Morgan fingerprint density at radius 2 is 1.93 bits per heavy atom. The number of benzene rings is 1. The Labute approximate surface area is 173 Å². The quantitative estimate of drug-likeness (QED) is 0.687. The van der Waals surface area contributed by atoms with Gasteiger partial charge in [0.1, 0.15) is 23.5 Å². The third-order valence-corrected chi connectivity index (χ3v) is 5.77. The topological polar surface area (TPSA) is 132 Å². The smallest absolute Gasteiger partial charge is 0.325 e. The van der Waals surface area contributed by atoms with Crippen molar-refractivity contribution in [1.29, 1.82) is 0 Å². The number of rotatable bonds is 4. The van der Waals surface area contributed by atoms with Gasteiger partial charge in [0.2, 0.25) is 0 Å². The lowest BCUT2D eigenvalue weighted by Gasteiger charge is -2.22. The molecule has 0 saturated heterocycles. The van der Waals surface area contributed by atoms with Gasteiger partial charge in [0.05, 0.1) is 10.4 Å². The average Bonchev–Trinajstić information content (AvgIpc) is 2.62. The molecule has 2 N–H and O–H groups in total. The van der Waals surface area contributed by atoms with E-state index < -0.39 is 50.7 Å². The van der Waals surface area contributed by atoms with E-state index in [1.54, 1.807) is 20.8 Å². The van der Waals surface area contributed by atoms with Crippen molar-refractivity contribution in [2.24, 2.45) is 0 Å². The van der Waals surface area contributed by atoms with Crippen molar-refractivity contribution < 1.29 is 27.9 Å². The third kappa shape index (κ3) is 4.18. The van der Waals surface area contributed by atoms with Gasteiger partial charge >= 0.3 is 5.97 Å². The lowest BCUT2D eigenvalue weighted by molar-refractivity contribution is -0.153. The molecule has 1 aliphatic rings. The minimum absolute atomic E-state index is 0.00693. The van der Waals surface area contributed by atoms with Gasteiger partial charge in [-0.2, -0.15) is 0 Å². The third-order valence-electron chi connectivity index (χ3n) is 4.68. The molecule has 30 heavy (non-hydrogen) atoms. The van der Waals surface area contributed by atoms with Crippen LogP contribution >= 0.6 is 0 Å². The molecule has 1 aromatic carbocycles. The molecule has 10 heteroatoms. The number of esters is 1. The number of ether oxygens (including phenoxy) is 1. The van der Waals surface area contributed by atoms with Crippen LogP contribution in [-0.2, 0) is 32.3 Å². The van der Waals surface area contributed by atoms with Crippen molar-refractivity contribution in [3.05, 3.63) is 33.6 Å². The van der Waals surface area contributed by atoms with Gasteiger partial charge in [-0.05, 0) is 51.3 Å².